The van der Waals surface area contributed by atoms with Gasteiger partial charge >= 0.3 is 0 Å². The summed E-state index contributed by atoms with van der Waals surface area (Å²) in [7, 11) is -2.53. The number of methoxy groups -OCH3 is 1. The Labute approximate surface area is 155 Å². The molecule has 25 heavy (non-hydrogen) atoms. The molecule has 3 rings (SSSR count). The van der Waals surface area contributed by atoms with Crippen LogP contribution in [0.2, 0.25) is 0 Å². The highest BCUT2D eigenvalue weighted by molar-refractivity contribution is 9.10. The van der Waals surface area contributed by atoms with Gasteiger partial charge in [-0.2, -0.15) is 0 Å². The summed E-state index contributed by atoms with van der Waals surface area (Å²) in [6.07, 6.45) is 0.0598. The minimum atomic E-state index is -3.95. The first-order valence-corrected chi connectivity index (χ1v) is 9.84. The molecule has 1 N–H and O–H groups in total. The topological polar surface area (TPSA) is 75.7 Å². The third-order valence-corrected chi connectivity index (χ3v) is 6.40. The molecule has 0 bridgehead atoms. The Hall–Kier alpha value is -2.06. The first kappa shape index (κ1) is 17.8. The number of amides is 1. The summed E-state index contributed by atoms with van der Waals surface area (Å²) in [5.41, 5.74) is 0.900. The summed E-state index contributed by atoms with van der Waals surface area (Å²) in [6, 6.07) is 11.1. The van der Waals surface area contributed by atoms with Crippen LogP contribution in [0.1, 0.15) is 13.3 Å². The molecule has 2 aromatic carbocycles. The molecule has 8 heteroatoms. The van der Waals surface area contributed by atoms with Gasteiger partial charge in [0, 0.05) is 10.9 Å². The molecule has 1 aliphatic heterocycles. The number of anilines is 2. The lowest BCUT2D eigenvalue weighted by Gasteiger charge is -2.29. The number of para-hydroxylation sites is 2. The Bertz CT molecular complexity index is 930. The first-order chi connectivity index (χ1) is 11.8. The van der Waals surface area contributed by atoms with E-state index in [0.717, 1.165) is 0 Å². The van der Waals surface area contributed by atoms with Crippen molar-refractivity contribution in [2.75, 3.05) is 16.7 Å². The number of rotatable bonds is 3. The first-order valence-electron chi connectivity index (χ1n) is 7.61. The van der Waals surface area contributed by atoms with Crippen LogP contribution in [0.3, 0.4) is 0 Å². The number of carbonyl (C=O) groups is 1. The van der Waals surface area contributed by atoms with E-state index in [0.29, 0.717) is 15.8 Å². The van der Waals surface area contributed by atoms with Gasteiger partial charge in [0.15, 0.2) is 0 Å². The number of fused-ring (bicyclic) bond motifs is 1. The van der Waals surface area contributed by atoms with Gasteiger partial charge in [-0.3, -0.25) is 9.10 Å². The largest absolute Gasteiger partial charge is 0.495 e. The molecule has 0 aliphatic carbocycles. The molecule has 0 unspecified atom stereocenters. The van der Waals surface area contributed by atoms with Crippen molar-refractivity contribution < 1.29 is 17.9 Å². The number of nitrogens with zero attached hydrogens (tertiary/aromatic N) is 1. The monoisotopic (exact) mass is 424 g/mol. The van der Waals surface area contributed by atoms with Gasteiger partial charge in [0.2, 0.25) is 5.91 Å². The molecular formula is C17H17BrN2O4S. The van der Waals surface area contributed by atoms with Crippen LogP contribution in [-0.4, -0.2) is 27.5 Å². The van der Waals surface area contributed by atoms with Crippen molar-refractivity contribution in [3.8, 4) is 5.75 Å². The molecule has 0 radical (unpaired) electrons. The predicted molar refractivity (Wildman–Crippen MR) is 99.5 cm³/mol. The van der Waals surface area contributed by atoms with Gasteiger partial charge in [-0.1, -0.05) is 28.1 Å². The minimum Gasteiger partial charge on any atom is -0.495 e. The average Bonchev–Trinajstić information content (AvgIpc) is 2.69. The predicted octanol–water partition coefficient (Wildman–Crippen LogP) is 3.38. The number of carbonyl (C=O) groups excluding carboxylic acids is 1. The zero-order valence-corrected chi connectivity index (χ0v) is 16.1. The molecule has 1 heterocycles. The summed E-state index contributed by atoms with van der Waals surface area (Å²) in [5, 5.41) is 2.76. The highest BCUT2D eigenvalue weighted by atomic mass is 79.9. The van der Waals surface area contributed by atoms with Crippen LogP contribution in [-0.2, 0) is 14.8 Å². The molecule has 0 aromatic heterocycles. The molecule has 1 atom stereocenters. The van der Waals surface area contributed by atoms with E-state index in [-0.39, 0.29) is 23.0 Å². The Kier molecular flexibility index (Phi) is 4.75. The summed E-state index contributed by atoms with van der Waals surface area (Å²) in [5.74, 6) is 0.0234. The number of benzene rings is 2. The Morgan fingerprint density at radius 3 is 2.68 bits per heavy atom. The summed E-state index contributed by atoms with van der Waals surface area (Å²) >= 11 is 3.31. The van der Waals surface area contributed by atoms with Gasteiger partial charge in [0.1, 0.15) is 10.6 Å². The van der Waals surface area contributed by atoms with Crippen LogP contribution in [0, 0.1) is 0 Å². The van der Waals surface area contributed by atoms with Crippen LogP contribution in [0.25, 0.3) is 0 Å². The van der Waals surface area contributed by atoms with Gasteiger partial charge < -0.3 is 10.1 Å². The fraction of sp³-hybridized carbons (Fsp3) is 0.235. The second-order valence-corrected chi connectivity index (χ2v) is 8.41. The third kappa shape index (κ3) is 3.23. The number of sulfonamides is 1. The van der Waals surface area contributed by atoms with Crippen molar-refractivity contribution in [1.82, 2.24) is 0 Å². The summed E-state index contributed by atoms with van der Waals surface area (Å²) in [6.45, 7) is 1.71. The van der Waals surface area contributed by atoms with E-state index in [1.807, 2.05) is 0 Å². The lowest BCUT2D eigenvalue weighted by Crippen LogP contribution is -2.39. The van der Waals surface area contributed by atoms with Crippen molar-refractivity contribution in [2.24, 2.45) is 0 Å². The zero-order chi connectivity index (χ0) is 18.2. The third-order valence-electron chi connectivity index (χ3n) is 3.96. The van der Waals surface area contributed by atoms with Crippen LogP contribution in [0.4, 0.5) is 11.4 Å². The van der Waals surface area contributed by atoms with Crippen molar-refractivity contribution >= 4 is 43.2 Å². The molecule has 0 fully saturated rings. The van der Waals surface area contributed by atoms with Gasteiger partial charge in [0.05, 0.1) is 24.5 Å². The SMILES string of the molecule is COc1ccc(Br)cc1S(=O)(=O)N1c2ccccc2NC(=O)C[C@H]1C. The molecule has 1 amide bonds. The molecule has 0 saturated heterocycles. The smallest absolute Gasteiger partial charge is 0.268 e. The van der Waals surface area contributed by atoms with Crippen LogP contribution >= 0.6 is 15.9 Å². The lowest BCUT2D eigenvalue weighted by molar-refractivity contribution is -0.116. The molecular weight excluding hydrogens is 408 g/mol. The maximum absolute atomic E-state index is 13.4. The van der Waals surface area contributed by atoms with Crippen molar-refractivity contribution in [3.05, 3.63) is 46.9 Å². The molecule has 1 aliphatic rings. The van der Waals surface area contributed by atoms with E-state index >= 15 is 0 Å². The number of halogens is 1. The Morgan fingerprint density at radius 1 is 1.24 bits per heavy atom. The van der Waals surface area contributed by atoms with Crippen LogP contribution in [0.5, 0.6) is 5.75 Å². The highest BCUT2D eigenvalue weighted by Gasteiger charge is 2.36. The second-order valence-electron chi connectivity index (χ2n) is 5.71. The molecule has 0 spiro atoms. The number of hydrogen-bond donors (Lipinski definition) is 1. The van der Waals surface area contributed by atoms with Gasteiger partial charge in [0.25, 0.3) is 10.0 Å². The van der Waals surface area contributed by atoms with E-state index in [2.05, 4.69) is 21.2 Å². The van der Waals surface area contributed by atoms with Gasteiger partial charge in [-0.05, 0) is 37.3 Å². The average molecular weight is 425 g/mol. The van der Waals surface area contributed by atoms with E-state index in [4.69, 9.17) is 4.74 Å². The van der Waals surface area contributed by atoms with E-state index in [9.17, 15) is 13.2 Å². The van der Waals surface area contributed by atoms with Gasteiger partial charge in [-0.15, -0.1) is 0 Å². The second kappa shape index (κ2) is 6.68. The molecule has 6 nitrogen and oxygen atoms in total. The number of ether oxygens (including phenoxy) is 1. The van der Waals surface area contributed by atoms with Crippen LogP contribution < -0.4 is 14.4 Å². The Balaban J connectivity index is 2.23. The normalized spacial score (nSPS) is 17.5. The van der Waals surface area contributed by atoms with Crippen molar-refractivity contribution in [2.45, 2.75) is 24.3 Å². The summed E-state index contributed by atoms with van der Waals surface area (Å²) < 4.78 is 34.0. The number of nitrogens with one attached hydrogen (secondary N) is 1. The van der Waals surface area contributed by atoms with Crippen LogP contribution in [0.15, 0.2) is 51.8 Å². The molecule has 132 valence electrons. The lowest BCUT2D eigenvalue weighted by atomic mass is 10.2. The maximum atomic E-state index is 13.4. The van der Waals surface area contributed by atoms with Gasteiger partial charge in [-0.25, -0.2) is 8.42 Å². The highest BCUT2D eigenvalue weighted by Crippen LogP contribution is 2.38. The van der Waals surface area contributed by atoms with Crippen molar-refractivity contribution in [3.63, 3.8) is 0 Å². The quantitative estimate of drug-likeness (QED) is 0.818. The molecule has 2 aromatic rings. The fourth-order valence-electron chi connectivity index (χ4n) is 2.89. The molecule has 0 saturated carbocycles. The maximum Gasteiger partial charge on any atom is 0.268 e. The van der Waals surface area contributed by atoms with E-state index < -0.39 is 16.1 Å². The number of hydrogen-bond acceptors (Lipinski definition) is 4. The Morgan fingerprint density at radius 2 is 1.96 bits per heavy atom. The van der Waals surface area contributed by atoms with E-state index in [1.54, 1.807) is 43.3 Å². The fourth-order valence-corrected chi connectivity index (χ4v) is 5.26. The zero-order valence-electron chi connectivity index (χ0n) is 13.7. The minimum absolute atomic E-state index is 0.0420. The van der Waals surface area contributed by atoms with Crippen molar-refractivity contribution in [1.29, 1.82) is 0 Å². The standard InChI is InChI=1S/C17H17BrN2O4S/c1-11-9-17(21)19-13-5-3-4-6-14(13)20(11)25(22,23)16-10-12(18)7-8-15(16)24-2/h3-8,10-11H,9H2,1-2H3,(H,19,21)/t11-/m1/s1. The summed E-state index contributed by atoms with van der Waals surface area (Å²) in [4.78, 5) is 12.1. The van der Waals surface area contributed by atoms with E-state index in [1.165, 1.54) is 17.5 Å².